The molecule has 0 N–H and O–H groups in total. The summed E-state index contributed by atoms with van der Waals surface area (Å²) in [6.45, 7) is 3.09. The highest BCUT2D eigenvalue weighted by Crippen LogP contribution is 2.22. The molecule has 0 aliphatic carbocycles. The van der Waals surface area contributed by atoms with Crippen LogP contribution in [0.2, 0.25) is 0 Å². The minimum Gasteiger partial charge on any atom is -0.378 e. The van der Waals surface area contributed by atoms with Gasteiger partial charge < -0.3 is 19.6 Å². The summed E-state index contributed by atoms with van der Waals surface area (Å²) in [7, 11) is 8.34. The van der Waals surface area contributed by atoms with Gasteiger partial charge in [-0.25, -0.2) is 0 Å². The second-order valence-corrected chi connectivity index (χ2v) is 5.44. The van der Waals surface area contributed by atoms with Crippen molar-refractivity contribution >= 4 is 11.4 Å². The molecule has 1 aliphatic rings. The van der Waals surface area contributed by atoms with Gasteiger partial charge in [0.25, 0.3) is 0 Å². The Bertz CT molecular complexity index is 422. The van der Waals surface area contributed by atoms with E-state index in [4.69, 9.17) is 0 Å². The molecule has 0 saturated heterocycles. The molecule has 1 aromatic rings. The zero-order valence-corrected chi connectivity index (χ0v) is 12.4. The van der Waals surface area contributed by atoms with Crippen LogP contribution in [0.1, 0.15) is 0 Å². The third-order valence-corrected chi connectivity index (χ3v) is 3.32. The molecule has 0 radical (unpaired) electrons. The Kier molecular flexibility index (Phi) is 4.32. The van der Waals surface area contributed by atoms with Crippen LogP contribution in [0.15, 0.2) is 36.7 Å². The normalized spacial score (nSPS) is 14.6. The summed E-state index contributed by atoms with van der Waals surface area (Å²) in [5.41, 5.74) is 2.48. The summed E-state index contributed by atoms with van der Waals surface area (Å²) in [5.74, 6) is 0. The van der Waals surface area contributed by atoms with Crippen LogP contribution in [0.25, 0.3) is 0 Å². The number of nitrogens with zero attached hydrogens (tertiary/aromatic N) is 4. The van der Waals surface area contributed by atoms with Gasteiger partial charge in [0.1, 0.15) is 0 Å². The number of hydrogen-bond donors (Lipinski definition) is 0. The minimum atomic E-state index is 0.940. The van der Waals surface area contributed by atoms with Crippen LogP contribution in [-0.4, -0.2) is 57.7 Å². The Morgan fingerprint density at radius 3 is 2.26 bits per heavy atom. The van der Waals surface area contributed by atoms with Crippen LogP contribution in [0.4, 0.5) is 11.4 Å². The van der Waals surface area contributed by atoms with Gasteiger partial charge in [-0.3, -0.25) is 0 Å². The second kappa shape index (κ2) is 5.97. The van der Waals surface area contributed by atoms with E-state index in [2.05, 4.69) is 84.5 Å². The van der Waals surface area contributed by atoms with E-state index in [9.17, 15) is 0 Å². The standard InChI is InChI=1S/C15H24N4/c1-16(2)9-10-18-11-12-19(13-18)15-7-5-14(6-8-15)17(3)4/h5-8,11-12H,9-10,13H2,1-4H3. The first-order chi connectivity index (χ1) is 9.06. The smallest absolute Gasteiger partial charge is 0.0942 e. The Balaban J connectivity index is 1.92. The van der Waals surface area contributed by atoms with Crippen LogP contribution in [0, 0.1) is 0 Å². The van der Waals surface area contributed by atoms with Gasteiger partial charge in [-0.2, -0.15) is 0 Å². The van der Waals surface area contributed by atoms with Crippen molar-refractivity contribution in [3.8, 4) is 0 Å². The monoisotopic (exact) mass is 260 g/mol. The molecule has 4 nitrogen and oxygen atoms in total. The fourth-order valence-corrected chi connectivity index (χ4v) is 2.05. The average Bonchev–Trinajstić information content (AvgIpc) is 2.85. The molecule has 0 saturated carbocycles. The highest BCUT2D eigenvalue weighted by atomic mass is 15.3. The summed E-state index contributed by atoms with van der Waals surface area (Å²) in [4.78, 5) is 8.93. The molecule has 2 rings (SSSR count). The number of benzene rings is 1. The molecule has 1 aromatic carbocycles. The number of rotatable bonds is 5. The van der Waals surface area contributed by atoms with Crippen LogP contribution < -0.4 is 9.80 Å². The lowest BCUT2D eigenvalue weighted by Crippen LogP contribution is -2.31. The summed E-state index contributed by atoms with van der Waals surface area (Å²) in [6, 6.07) is 8.67. The fraction of sp³-hybridized carbons (Fsp3) is 0.467. The lowest BCUT2D eigenvalue weighted by molar-refractivity contribution is 0.321. The summed E-state index contributed by atoms with van der Waals surface area (Å²) in [6.07, 6.45) is 4.32. The van der Waals surface area contributed by atoms with Gasteiger partial charge in [0.2, 0.25) is 0 Å². The highest BCUT2D eigenvalue weighted by Gasteiger charge is 2.13. The van der Waals surface area contributed by atoms with Gasteiger partial charge in [-0.1, -0.05) is 0 Å². The molecule has 0 aromatic heterocycles. The van der Waals surface area contributed by atoms with Gasteiger partial charge in [0, 0.05) is 51.0 Å². The lowest BCUT2D eigenvalue weighted by atomic mass is 10.2. The number of anilines is 2. The summed E-state index contributed by atoms with van der Waals surface area (Å²) in [5, 5.41) is 0. The molecule has 1 heterocycles. The summed E-state index contributed by atoms with van der Waals surface area (Å²) < 4.78 is 0. The molecule has 0 unspecified atom stereocenters. The van der Waals surface area contributed by atoms with Crippen molar-refractivity contribution in [2.24, 2.45) is 0 Å². The maximum absolute atomic E-state index is 2.33. The van der Waals surface area contributed by atoms with E-state index in [1.807, 2.05) is 0 Å². The van der Waals surface area contributed by atoms with Crippen molar-refractivity contribution < 1.29 is 0 Å². The third kappa shape index (κ3) is 3.64. The predicted octanol–water partition coefficient (Wildman–Crippen LogP) is 1.86. The van der Waals surface area contributed by atoms with Crippen LogP contribution >= 0.6 is 0 Å². The molecule has 104 valence electrons. The van der Waals surface area contributed by atoms with Crippen molar-refractivity contribution in [2.75, 3.05) is 57.7 Å². The lowest BCUT2D eigenvalue weighted by Gasteiger charge is -2.23. The van der Waals surface area contributed by atoms with E-state index in [1.165, 1.54) is 11.4 Å². The Hall–Kier alpha value is -1.68. The first-order valence-corrected chi connectivity index (χ1v) is 6.67. The zero-order valence-electron chi connectivity index (χ0n) is 12.4. The largest absolute Gasteiger partial charge is 0.378 e. The predicted molar refractivity (Wildman–Crippen MR) is 82.5 cm³/mol. The van der Waals surface area contributed by atoms with Crippen molar-refractivity contribution in [1.82, 2.24) is 9.80 Å². The highest BCUT2D eigenvalue weighted by molar-refractivity contribution is 5.57. The first kappa shape index (κ1) is 13.7. The summed E-state index contributed by atoms with van der Waals surface area (Å²) >= 11 is 0. The van der Waals surface area contributed by atoms with Crippen LogP contribution in [0.3, 0.4) is 0 Å². The topological polar surface area (TPSA) is 13.0 Å². The molecule has 0 bridgehead atoms. The molecular formula is C15H24N4. The van der Waals surface area contributed by atoms with Gasteiger partial charge in [0.05, 0.1) is 6.67 Å². The third-order valence-electron chi connectivity index (χ3n) is 3.32. The second-order valence-electron chi connectivity index (χ2n) is 5.44. The van der Waals surface area contributed by atoms with Gasteiger partial charge in [-0.05, 0) is 38.4 Å². The van der Waals surface area contributed by atoms with E-state index in [1.54, 1.807) is 0 Å². The van der Waals surface area contributed by atoms with Gasteiger partial charge in [0.15, 0.2) is 0 Å². The van der Waals surface area contributed by atoms with E-state index in [0.29, 0.717) is 0 Å². The Morgan fingerprint density at radius 2 is 1.68 bits per heavy atom. The molecule has 0 spiro atoms. The molecule has 19 heavy (non-hydrogen) atoms. The molecule has 0 amide bonds. The van der Waals surface area contributed by atoms with Crippen LogP contribution in [0.5, 0.6) is 0 Å². The Morgan fingerprint density at radius 1 is 1.00 bits per heavy atom. The maximum Gasteiger partial charge on any atom is 0.0942 e. The molecule has 4 heteroatoms. The molecule has 1 aliphatic heterocycles. The minimum absolute atomic E-state index is 0.940. The molecule has 0 fully saturated rings. The average molecular weight is 260 g/mol. The zero-order chi connectivity index (χ0) is 13.8. The first-order valence-electron chi connectivity index (χ1n) is 6.67. The van der Waals surface area contributed by atoms with E-state index >= 15 is 0 Å². The van der Waals surface area contributed by atoms with Crippen molar-refractivity contribution in [3.63, 3.8) is 0 Å². The fourth-order valence-electron chi connectivity index (χ4n) is 2.05. The van der Waals surface area contributed by atoms with Crippen LogP contribution in [-0.2, 0) is 0 Å². The molecule has 0 atom stereocenters. The van der Waals surface area contributed by atoms with E-state index < -0.39 is 0 Å². The number of hydrogen-bond acceptors (Lipinski definition) is 4. The van der Waals surface area contributed by atoms with E-state index in [0.717, 1.165) is 19.8 Å². The quantitative estimate of drug-likeness (QED) is 0.801. The van der Waals surface area contributed by atoms with Gasteiger partial charge in [-0.15, -0.1) is 0 Å². The molecular weight excluding hydrogens is 236 g/mol. The SMILES string of the molecule is CN(C)CCN1C=CN(c2ccc(N(C)C)cc2)C1. The van der Waals surface area contributed by atoms with Gasteiger partial charge >= 0.3 is 0 Å². The maximum atomic E-state index is 2.33. The van der Waals surface area contributed by atoms with E-state index in [-0.39, 0.29) is 0 Å². The van der Waals surface area contributed by atoms with Crippen molar-refractivity contribution in [3.05, 3.63) is 36.7 Å². The number of likely N-dealkylation sites (N-methyl/N-ethyl adjacent to an activating group) is 1. The van der Waals surface area contributed by atoms with Crippen molar-refractivity contribution in [1.29, 1.82) is 0 Å². The Labute approximate surface area is 116 Å². The van der Waals surface area contributed by atoms with Crippen molar-refractivity contribution in [2.45, 2.75) is 0 Å².